The zero-order valence-corrected chi connectivity index (χ0v) is 23.2. The van der Waals surface area contributed by atoms with Crippen molar-refractivity contribution in [3.8, 4) is 0 Å². The van der Waals surface area contributed by atoms with E-state index in [1.807, 2.05) is 12.1 Å². The molecule has 3 fully saturated rings. The maximum absolute atomic E-state index is 13.6. The number of sulfonamides is 1. The summed E-state index contributed by atoms with van der Waals surface area (Å²) in [5.41, 5.74) is 1.88. The summed E-state index contributed by atoms with van der Waals surface area (Å²) in [7, 11) is -5.03. The van der Waals surface area contributed by atoms with Crippen LogP contribution in [-0.4, -0.2) is 90.1 Å². The number of fused-ring (bicyclic) bond motifs is 2. The van der Waals surface area contributed by atoms with Gasteiger partial charge in [-0.1, -0.05) is 18.2 Å². The zero-order chi connectivity index (χ0) is 26.1. The van der Waals surface area contributed by atoms with E-state index in [0.29, 0.717) is 32.1 Å². The second-order valence-electron chi connectivity index (χ2n) is 11.0. The Morgan fingerprint density at radius 3 is 2.44 bits per heavy atom. The molecule has 11 heteroatoms. The molecule has 0 aromatic heterocycles. The molecule has 2 aliphatic carbocycles. The molecule has 1 heterocycles. The summed E-state index contributed by atoms with van der Waals surface area (Å²) in [5.74, 6) is 0.154. The fourth-order valence-electron chi connectivity index (χ4n) is 6.41. The number of aryl methyl sites for hydroxylation is 1. The van der Waals surface area contributed by atoms with Crippen molar-refractivity contribution in [3.05, 3.63) is 29.8 Å². The van der Waals surface area contributed by atoms with Gasteiger partial charge in [-0.2, -0.15) is 4.31 Å². The van der Waals surface area contributed by atoms with Crippen LogP contribution in [0, 0.1) is 18.3 Å². The molecule has 0 unspecified atom stereocenters. The molecule has 2 saturated carbocycles. The molecule has 36 heavy (non-hydrogen) atoms. The third-order valence-electron chi connectivity index (χ3n) is 8.37. The van der Waals surface area contributed by atoms with Gasteiger partial charge in [0.1, 0.15) is 9.84 Å². The minimum absolute atomic E-state index is 0.0549. The van der Waals surface area contributed by atoms with E-state index < -0.39 is 31.3 Å². The molecule has 1 aliphatic heterocycles. The number of rotatable bonds is 10. The first kappa shape index (κ1) is 27.3. The van der Waals surface area contributed by atoms with E-state index in [4.69, 9.17) is 0 Å². The van der Waals surface area contributed by atoms with Gasteiger partial charge in [-0.25, -0.2) is 16.8 Å². The predicted molar refractivity (Wildman–Crippen MR) is 142 cm³/mol. The van der Waals surface area contributed by atoms with Crippen LogP contribution < -0.4 is 15.5 Å². The summed E-state index contributed by atoms with van der Waals surface area (Å²) < 4.78 is 51.9. The SMILES string of the molecule is Cc1ccccc1N1CCN(S(=O)(=O)C[C@]23CC[C@H](C[C@@H]2NC(=O)[C@H](CCS(C)(=O)=O)N[11CH3])C3)CC1. The standard InChI is InChI=1S/C25H40N4O5S2/c1-19-6-4-5-7-22(19)28-11-13-29(14-12-28)36(33,34)18-25-10-8-20(17-25)16-23(25)27-24(30)21(26-2)9-15-35(3,31)32/h4-7,20-21,23,26H,8-18H2,1-3H3,(H,27,30)/t20-,21+,23+,25-/m1/s1/i2-1. The number of benzene rings is 1. The van der Waals surface area contributed by atoms with Crippen LogP contribution in [0.5, 0.6) is 0 Å². The molecule has 2 bridgehead atoms. The smallest absolute Gasteiger partial charge is 0.237 e. The zero-order valence-electron chi connectivity index (χ0n) is 21.6. The largest absolute Gasteiger partial charge is 0.369 e. The number of para-hydroxylation sites is 1. The van der Waals surface area contributed by atoms with Crippen LogP contribution in [0.15, 0.2) is 24.3 Å². The second-order valence-corrected chi connectivity index (χ2v) is 15.2. The summed E-state index contributed by atoms with van der Waals surface area (Å²) in [6.45, 7) is 4.30. The Labute approximate surface area is 216 Å². The van der Waals surface area contributed by atoms with Crippen molar-refractivity contribution in [1.82, 2.24) is 14.9 Å². The molecule has 2 N–H and O–H groups in total. The highest BCUT2D eigenvalue weighted by atomic mass is 32.2. The molecule has 0 spiro atoms. The van der Waals surface area contributed by atoms with Crippen molar-refractivity contribution < 1.29 is 21.6 Å². The second kappa shape index (κ2) is 10.6. The van der Waals surface area contributed by atoms with E-state index in [9.17, 15) is 21.6 Å². The first-order chi connectivity index (χ1) is 16.9. The Bertz CT molecular complexity index is 1160. The van der Waals surface area contributed by atoms with E-state index in [-0.39, 0.29) is 29.9 Å². The highest BCUT2D eigenvalue weighted by molar-refractivity contribution is 7.90. The van der Waals surface area contributed by atoms with Gasteiger partial charge in [0.25, 0.3) is 0 Å². The van der Waals surface area contributed by atoms with Crippen LogP contribution in [0.4, 0.5) is 5.69 Å². The van der Waals surface area contributed by atoms with Gasteiger partial charge in [-0.15, -0.1) is 0 Å². The monoisotopic (exact) mass is 539 g/mol. The number of sulfone groups is 1. The number of carbonyl (C=O) groups excluding carboxylic acids is 1. The topological polar surface area (TPSA) is 116 Å². The normalized spacial score (nSPS) is 27.8. The van der Waals surface area contributed by atoms with Crippen LogP contribution in [0.2, 0.25) is 0 Å². The molecule has 1 aromatic rings. The Morgan fingerprint density at radius 1 is 1.14 bits per heavy atom. The van der Waals surface area contributed by atoms with Crippen molar-refractivity contribution in [2.24, 2.45) is 11.3 Å². The van der Waals surface area contributed by atoms with Crippen LogP contribution in [0.1, 0.15) is 37.7 Å². The van der Waals surface area contributed by atoms with Gasteiger partial charge in [0, 0.05) is 49.6 Å². The minimum Gasteiger partial charge on any atom is -0.369 e. The van der Waals surface area contributed by atoms with Crippen molar-refractivity contribution in [3.63, 3.8) is 0 Å². The van der Waals surface area contributed by atoms with Gasteiger partial charge in [-0.05, 0) is 63.6 Å². The lowest BCUT2D eigenvalue weighted by atomic mass is 9.81. The van der Waals surface area contributed by atoms with E-state index in [0.717, 1.165) is 37.6 Å². The maximum atomic E-state index is 13.6. The lowest BCUT2D eigenvalue weighted by Gasteiger charge is -2.40. The first-order valence-corrected chi connectivity index (χ1v) is 16.5. The van der Waals surface area contributed by atoms with Crippen LogP contribution in [0.3, 0.4) is 0 Å². The quantitative estimate of drug-likeness (QED) is 0.458. The lowest BCUT2D eigenvalue weighted by Crippen LogP contribution is -2.55. The third kappa shape index (κ3) is 6.06. The lowest BCUT2D eigenvalue weighted by molar-refractivity contribution is -0.124. The number of anilines is 1. The molecule has 3 aliphatic rings. The van der Waals surface area contributed by atoms with Crippen molar-refractivity contribution in [1.29, 1.82) is 0 Å². The van der Waals surface area contributed by atoms with E-state index >= 15 is 0 Å². The number of hydrogen-bond acceptors (Lipinski definition) is 7. The Balaban J connectivity index is 1.40. The molecular formula is C25H40N4O5S2. The van der Waals surface area contributed by atoms with E-state index in [1.165, 1.54) is 5.56 Å². The van der Waals surface area contributed by atoms with Crippen LogP contribution >= 0.6 is 0 Å². The van der Waals surface area contributed by atoms with Gasteiger partial charge in [-0.3, -0.25) is 4.79 Å². The van der Waals surface area contributed by atoms with Crippen molar-refractivity contribution in [2.75, 3.05) is 55.9 Å². The molecule has 1 aromatic carbocycles. The van der Waals surface area contributed by atoms with Crippen molar-refractivity contribution >= 4 is 31.5 Å². The number of carbonyl (C=O) groups is 1. The summed E-state index contributed by atoms with van der Waals surface area (Å²) in [6.07, 6.45) is 4.73. The summed E-state index contributed by atoms with van der Waals surface area (Å²) in [6, 6.07) is 7.34. The van der Waals surface area contributed by atoms with Gasteiger partial charge in [0.2, 0.25) is 15.9 Å². The molecule has 1 amide bonds. The highest BCUT2D eigenvalue weighted by Gasteiger charge is 2.55. The van der Waals surface area contributed by atoms with Gasteiger partial charge in [0.05, 0.1) is 17.5 Å². The number of likely N-dealkylation sites (N-methyl/N-ethyl adjacent to an activating group) is 1. The maximum Gasteiger partial charge on any atom is 0.237 e. The molecule has 4 atom stereocenters. The van der Waals surface area contributed by atoms with E-state index in [2.05, 4.69) is 34.6 Å². The summed E-state index contributed by atoms with van der Waals surface area (Å²) in [4.78, 5) is 15.2. The number of nitrogens with zero attached hydrogens (tertiary/aromatic N) is 2. The van der Waals surface area contributed by atoms with Gasteiger partial charge < -0.3 is 15.5 Å². The highest BCUT2D eigenvalue weighted by Crippen LogP contribution is 2.55. The van der Waals surface area contributed by atoms with Crippen LogP contribution in [-0.2, 0) is 24.7 Å². The molecular weight excluding hydrogens is 499 g/mol. The van der Waals surface area contributed by atoms with Gasteiger partial charge in [0.15, 0.2) is 0 Å². The number of amides is 1. The molecule has 9 nitrogen and oxygen atoms in total. The van der Waals surface area contributed by atoms with Gasteiger partial charge >= 0.3 is 0 Å². The Morgan fingerprint density at radius 2 is 1.83 bits per heavy atom. The number of piperazine rings is 1. The summed E-state index contributed by atoms with van der Waals surface area (Å²) in [5, 5.41) is 6.03. The van der Waals surface area contributed by atoms with Crippen molar-refractivity contribution in [2.45, 2.75) is 51.1 Å². The first-order valence-electron chi connectivity index (χ1n) is 12.9. The number of hydrogen-bond donors (Lipinski definition) is 2. The predicted octanol–water partition coefficient (Wildman–Crippen LogP) is 1.14. The fraction of sp³-hybridized carbons (Fsp3) is 0.720. The fourth-order valence-corrected chi connectivity index (χ4v) is 9.16. The Kier molecular flexibility index (Phi) is 8.04. The summed E-state index contributed by atoms with van der Waals surface area (Å²) >= 11 is 0. The molecule has 1 saturated heterocycles. The molecule has 4 rings (SSSR count). The minimum atomic E-state index is -3.49. The Hall–Kier alpha value is -1.69. The average molecular weight is 540 g/mol. The van der Waals surface area contributed by atoms with Crippen LogP contribution in [0.25, 0.3) is 0 Å². The molecule has 0 radical (unpaired) electrons. The average Bonchev–Trinajstić information content (AvgIpc) is 3.36. The number of nitrogens with one attached hydrogen (secondary N) is 2. The van der Waals surface area contributed by atoms with E-state index in [1.54, 1.807) is 11.4 Å². The molecule has 202 valence electrons. The third-order valence-corrected chi connectivity index (χ3v) is 11.4.